The van der Waals surface area contributed by atoms with Crippen molar-refractivity contribution in [3.05, 3.63) is 101 Å². The van der Waals surface area contributed by atoms with Crippen LogP contribution in [-0.4, -0.2) is 51.6 Å². The topological polar surface area (TPSA) is 67.2 Å². The van der Waals surface area contributed by atoms with Gasteiger partial charge >= 0.3 is 0 Å². The second kappa shape index (κ2) is 10.4. The smallest absolute Gasteiger partial charge is 0.254 e. The number of rotatable bonds is 8. The van der Waals surface area contributed by atoms with Gasteiger partial charge in [0.2, 0.25) is 0 Å². The number of pyridine rings is 1. The molecule has 0 unspecified atom stereocenters. The monoisotopic (exact) mass is 470 g/mol. The Kier molecular flexibility index (Phi) is 7.15. The molecule has 2 aromatic carbocycles. The van der Waals surface area contributed by atoms with Gasteiger partial charge < -0.3 is 18.9 Å². The lowest BCUT2D eigenvalue weighted by atomic mass is 10.1. The zero-order chi connectivity index (χ0) is 24.9. The van der Waals surface area contributed by atoms with Crippen LogP contribution in [-0.2, 0) is 13.2 Å². The Hall–Kier alpha value is -4.13. The van der Waals surface area contributed by atoms with Gasteiger partial charge in [0.15, 0.2) is 0 Å². The molecule has 2 heterocycles. The zero-order valence-electron chi connectivity index (χ0n) is 20.6. The SMILES string of the molecule is CCN(Cc1ccc(C(=O)N(C)C)cc1)C(=O)c1ccc(OCc2cn3cccc(C)c3n2)cc1. The lowest BCUT2D eigenvalue weighted by molar-refractivity contribution is 0.0751. The largest absolute Gasteiger partial charge is 0.487 e. The third-order valence-electron chi connectivity index (χ3n) is 5.87. The molecule has 2 amide bonds. The van der Waals surface area contributed by atoms with E-state index in [1.165, 1.54) is 0 Å². The van der Waals surface area contributed by atoms with E-state index in [4.69, 9.17) is 4.74 Å². The van der Waals surface area contributed by atoms with E-state index < -0.39 is 0 Å². The van der Waals surface area contributed by atoms with E-state index in [9.17, 15) is 9.59 Å². The van der Waals surface area contributed by atoms with Crippen molar-refractivity contribution < 1.29 is 14.3 Å². The van der Waals surface area contributed by atoms with Crippen LogP contribution < -0.4 is 4.74 Å². The van der Waals surface area contributed by atoms with Crippen LogP contribution in [0.4, 0.5) is 0 Å². The van der Waals surface area contributed by atoms with E-state index in [-0.39, 0.29) is 11.8 Å². The Balaban J connectivity index is 1.37. The van der Waals surface area contributed by atoms with Gasteiger partial charge in [-0.1, -0.05) is 18.2 Å². The minimum absolute atomic E-state index is 0.0430. The van der Waals surface area contributed by atoms with Crippen molar-refractivity contribution in [2.75, 3.05) is 20.6 Å². The summed E-state index contributed by atoms with van der Waals surface area (Å²) in [6.07, 6.45) is 3.93. The Morgan fingerprint density at radius 1 is 0.943 bits per heavy atom. The predicted molar refractivity (Wildman–Crippen MR) is 136 cm³/mol. The predicted octanol–water partition coefficient (Wildman–Crippen LogP) is 4.59. The van der Waals surface area contributed by atoms with Crippen LogP contribution in [0.1, 0.15) is 44.5 Å². The molecule has 180 valence electrons. The highest BCUT2D eigenvalue weighted by molar-refractivity contribution is 5.95. The fourth-order valence-electron chi connectivity index (χ4n) is 3.87. The summed E-state index contributed by atoms with van der Waals surface area (Å²) in [5.74, 6) is 0.585. The number of benzene rings is 2. The molecule has 0 atom stereocenters. The lowest BCUT2D eigenvalue weighted by Gasteiger charge is -2.21. The van der Waals surface area contributed by atoms with Crippen LogP contribution in [0.2, 0.25) is 0 Å². The zero-order valence-corrected chi connectivity index (χ0v) is 20.6. The van der Waals surface area contributed by atoms with Gasteiger partial charge in [0.25, 0.3) is 11.8 Å². The van der Waals surface area contributed by atoms with Gasteiger partial charge in [-0.15, -0.1) is 0 Å². The first-order valence-corrected chi connectivity index (χ1v) is 11.6. The van der Waals surface area contributed by atoms with Crippen LogP contribution in [0.15, 0.2) is 73.1 Å². The minimum atomic E-state index is -0.0525. The molecule has 7 heteroatoms. The Morgan fingerprint density at radius 2 is 1.60 bits per heavy atom. The van der Waals surface area contributed by atoms with E-state index in [2.05, 4.69) is 4.98 Å². The molecule has 0 radical (unpaired) electrons. The molecule has 0 aliphatic heterocycles. The van der Waals surface area contributed by atoms with Gasteiger partial charge in [-0.25, -0.2) is 4.98 Å². The summed E-state index contributed by atoms with van der Waals surface area (Å²) in [6.45, 7) is 5.38. The molecule has 2 aromatic heterocycles. The maximum Gasteiger partial charge on any atom is 0.254 e. The molecule has 4 rings (SSSR count). The normalized spacial score (nSPS) is 10.9. The van der Waals surface area contributed by atoms with Crippen LogP contribution >= 0.6 is 0 Å². The fraction of sp³-hybridized carbons (Fsp3) is 0.250. The molecular formula is C28H30N4O3. The molecule has 35 heavy (non-hydrogen) atoms. The number of imidazole rings is 1. The number of hydrogen-bond donors (Lipinski definition) is 0. The van der Waals surface area contributed by atoms with Gasteiger partial charge in [0, 0.05) is 50.7 Å². The van der Waals surface area contributed by atoms with Crippen molar-refractivity contribution in [3.8, 4) is 5.75 Å². The molecule has 7 nitrogen and oxygen atoms in total. The summed E-state index contributed by atoms with van der Waals surface area (Å²) < 4.78 is 7.88. The number of carbonyl (C=O) groups excluding carboxylic acids is 2. The Labute approximate surface area is 205 Å². The number of hydrogen-bond acceptors (Lipinski definition) is 4. The number of fused-ring (bicyclic) bond motifs is 1. The third-order valence-corrected chi connectivity index (χ3v) is 5.87. The van der Waals surface area contributed by atoms with Gasteiger partial charge in [0.05, 0.1) is 5.69 Å². The molecular weight excluding hydrogens is 440 g/mol. The lowest BCUT2D eigenvalue weighted by Crippen LogP contribution is -2.30. The molecule has 0 aliphatic rings. The number of aryl methyl sites for hydroxylation is 1. The summed E-state index contributed by atoms with van der Waals surface area (Å²) in [6, 6.07) is 18.6. The number of amides is 2. The fourth-order valence-corrected chi connectivity index (χ4v) is 3.87. The molecule has 0 N–H and O–H groups in total. The maximum atomic E-state index is 13.1. The Bertz CT molecular complexity index is 1320. The number of ether oxygens (including phenoxy) is 1. The van der Waals surface area contributed by atoms with Crippen molar-refractivity contribution >= 4 is 17.5 Å². The van der Waals surface area contributed by atoms with Crippen LogP contribution in [0.25, 0.3) is 5.65 Å². The van der Waals surface area contributed by atoms with Crippen molar-refractivity contribution in [1.29, 1.82) is 0 Å². The first-order chi connectivity index (χ1) is 16.9. The molecule has 0 saturated heterocycles. The van der Waals surface area contributed by atoms with Gasteiger partial charge in [-0.3, -0.25) is 9.59 Å². The molecule has 4 aromatic rings. The highest BCUT2D eigenvalue weighted by Crippen LogP contribution is 2.18. The quantitative estimate of drug-likeness (QED) is 0.378. The summed E-state index contributed by atoms with van der Waals surface area (Å²) in [5.41, 5.74) is 5.07. The van der Waals surface area contributed by atoms with Gasteiger partial charge in [0.1, 0.15) is 18.0 Å². The molecule has 0 spiro atoms. The van der Waals surface area contributed by atoms with Gasteiger partial charge in [-0.05, 0) is 67.4 Å². The molecule has 0 fully saturated rings. The molecule has 0 saturated carbocycles. The third kappa shape index (κ3) is 5.51. The summed E-state index contributed by atoms with van der Waals surface area (Å²) in [4.78, 5) is 33.1. The van der Waals surface area contributed by atoms with Crippen LogP contribution in [0, 0.1) is 6.92 Å². The van der Waals surface area contributed by atoms with Crippen LogP contribution in [0.3, 0.4) is 0 Å². The minimum Gasteiger partial charge on any atom is -0.487 e. The maximum absolute atomic E-state index is 13.1. The average Bonchev–Trinajstić information content (AvgIpc) is 3.30. The van der Waals surface area contributed by atoms with E-state index in [0.29, 0.717) is 36.6 Å². The van der Waals surface area contributed by atoms with E-state index in [0.717, 1.165) is 22.5 Å². The number of carbonyl (C=O) groups is 2. The standard InChI is InChI=1S/C28H30N4O3/c1-5-31(17-21-8-10-22(11-9-21)27(33)30(3)4)28(34)23-12-14-25(15-13-23)35-19-24-18-32-16-6-7-20(2)26(32)29-24/h6-16,18H,5,17,19H2,1-4H3. The van der Waals surface area contributed by atoms with E-state index >= 15 is 0 Å². The highest BCUT2D eigenvalue weighted by atomic mass is 16.5. The van der Waals surface area contributed by atoms with Crippen molar-refractivity contribution in [3.63, 3.8) is 0 Å². The summed E-state index contributed by atoms with van der Waals surface area (Å²) >= 11 is 0. The second-order valence-corrected chi connectivity index (χ2v) is 8.68. The molecule has 0 bridgehead atoms. The first-order valence-electron chi connectivity index (χ1n) is 11.6. The Morgan fingerprint density at radius 3 is 2.23 bits per heavy atom. The van der Waals surface area contributed by atoms with Crippen molar-refractivity contribution in [1.82, 2.24) is 19.2 Å². The van der Waals surface area contributed by atoms with Gasteiger partial charge in [-0.2, -0.15) is 0 Å². The second-order valence-electron chi connectivity index (χ2n) is 8.68. The number of nitrogens with zero attached hydrogens (tertiary/aromatic N) is 4. The highest BCUT2D eigenvalue weighted by Gasteiger charge is 2.16. The van der Waals surface area contributed by atoms with Crippen LogP contribution in [0.5, 0.6) is 5.75 Å². The van der Waals surface area contributed by atoms with E-state index in [1.54, 1.807) is 48.2 Å². The first kappa shape index (κ1) is 24.0. The van der Waals surface area contributed by atoms with Crippen molar-refractivity contribution in [2.24, 2.45) is 0 Å². The average molecular weight is 471 g/mol. The molecule has 0 aliphatic carbocycles. The van der Waals surface area contributed by atoms with E-state index in [1.807, 2.05) is 67.0 Å². The summed E-state index contributed by atoms with van der Waals surface area (Å²) in [7, 11) is 3.45. The number of aromatic nitrogens is 2. The van der Waals surface area contributed by atoms with Crippen molar-refractivity contribution in [2.45, 2.75) is 27.0 Å². The summed E-state index contributed by atoms with van der Waals surface area (Å²) in [5, 5.41) is 0.